The van der Waals surface area contributed by atoms with E-state index in [4.69, 9.17) is 14.6 Å². The Bertz CT molecular complexity index is 288. The molecule has 0 spiro atoms. The number of sulfonamides is 1. The van der Waals surface area contributed by atoms with Gasteiger partial charge in [-0.2, -0.15) is 0 Å². The molecule has 104 valence electrons. The van der Waals surface area contributed by atoms with Gasteiger partial charge in [-0.05, 0) is 25.7 Å². The molecule has 17 heavy (non-hydrogen) atoms. The number of ether oxygens (including phenoxy) is 2. The summed E-state index contributed by atoms with van der Waals surface area (Å²) < 4.78 is 32.8. The van der Waals surface area contributed by atoms with Gasteiger partial charge in [0.05, 0.1) is 31.7 Å². The Morgan fingerprint density at radius 2 is 1.71 bits per heavy atom. The minimum absolute atomic E-state index is 0.0320. The molecule has 0 aromatic rings. The first-order valence-corrected chi connectivity index (χ1v) is 7.63. The van der Waals surface area contributed by atoms with E-state index in [1.165, 1.54) is 0 Å². The average Bonchev–Trinajstić information content (AvgIpc) is 2.12. The topological polar surface area (TPSA) is 78.6 Å². The van der Waals surface area contributed by atoms with Gasteiger partial charge in [0, 0.05) is 0 Å². The number of primary sulfonamides is 1. The van der Waals surface area contributed by atoms with E-state index in [2.05, 4.69) is 0 Å². The van der Waals surface area contributed by atoms with Crippen LogP contribution in [0, 0.1) is 11.8 Å². The second kappa shape index (κ2) is 8.02. The Labute approximate surface area is 105 Å². The zero-order chi connectivity index (χ0) is 13.5. The largest absolute Gasteiger partial charge is 0.379 e. The lowest BCUT2D eigenvalue weighted by Crippen LogP contribution is -2.29. The summed E-state index contributed by atoms with van der Waals surface area (Å²) >= 11 is 0. The standard InChI is InChI=1S/C11H25NO4S/c1-9(2)11(8-17(12,13)14)7-15-5-6-16-10(3)4/h9-11H,5-8H2,1-4H3,(H2,12,13,14). The summed E-state index contributed by atoms with van der Waals surface area (Å²) in [6.07, 6.45) is 0.184. The summed E-state index contributed by atoms with van der Waals surface area (Å²) in [6.45, 7) is 9.24. The zero-order valence-corrected chi connectivity index (χ0v) is 12.0. The van der Waals surface area contributed by atoms with Gasteiger partial charge in [0.2, 0.25) is 10.0 Å². The van der Waals surface area contributed by atoms with Crippen LogP contribution in [0.5, 0.6) is 0 Å². The van der Waals surface area contributed by atoms with Crippen LogP contribution in [0.1, 0.15) is 27.7 Å². The van der Waals surface area contributed by atoms with Gasteiger partial charge in [-0.1, -0.05) is 13.8 Å². The normalized spacial score (nSPS) is 14.5. The highest BCUT2D eigenvalue weighted by molar-refractivity contribution is 7.89. The van der Waals surface area contributed by atoms with Gasteiger partial charge in [0.25, 0.3) is 0 Å². The third kappa shape index (κ3) is 10.7. The minimum atomic E-state index is -3.44. The Hall–Kier alpha value is -0.170. The van der Waals surface area contributed by atoms with Crippen LogP contribution in [-0.2, 0) is 19.5 Å². The van der Waals surface area contributed by atoms with Crippen LogP contribution in [0.15, 0.2) is 0 Å². The molecule has 0 aromatic heterocycles. The molecule has 1 atom stereocenters. The molecule has 0 aliphatic rings. The number of hydrogen-bond donors (Lipinski definition) is 1. The predicted molar refractivity (Wildman–Crippen MR) is 68.2 cm³/mol. The zero-order valence-electron chi connectivity index (χ0n) is 11.2. The van der Waals surface area contributed by atoms with Crippen molar-refractivity contribution in [2.24, 2.45) is 17.0 Å². The van der Waals surface area contributed by atoms with Crippen molar-refractivity contribution in [2.45, 2.75) is 33.8 Å². The predicted octanol–water partition coefficient (Wildman–Crippen LogP) is 0.989. The van der Waals surface area contributed by atoms with E-state index in [9.17, 15) is 8.42 Å². The average molecular weight is 267 g/mol. The smallest absolute Gasteiger partial charge is 0.209 e. The van der Waals surface area contributed by atoms with Crippen LogP contribution in [0.25, 0.3) is 0 Å². The summed E-state index contributed by atoms with van der Waals surface area (Å²) in [7, 11) is -3.44. The van der Waals surface area contributed by atoms with Gasteiger partial charge in [0.1, 0.15) is 0 Å². The maximum atomic E-state index is 11.0. The second-order valence-corrected chi connectivity index (χ2v) is 6.49. The molecule has 0 radical (unpaired) electrons. The van der Waals surface area contributed by atoms with Gasteiger partial charge >= 0.3 is 0 Å². The van der Waals surface area contributed by atoms with Crippen molar-refractivity contribution in [3.63, 3.8) is 0 Å². The molecule has 0 aliphatic heterocycles. The van der Waals surface area contributed by atoms with Gasteiger partial charge < -0.3 is 9.47 Å². The van der Waals surface area contributed by atoms with Crippen molar-refractivity contribution in [2.75, 3.05) is 25.6 Å². The highest BCUT2D eigenvalue weighted by Crippen LogP contribution is 2.12. The van der Waals surface area contributed by atoms with E-state index >= 15 is 0 Å². The lowest BCUT2D eigenvalue weighted by molar-refractivity contribution is 0.00757. The molecule has 0 heterocycles. The summed E-state index contributed by atoms with van der Waals surface area (Å²) in [5.74, 6) is 0.124. The molecule has 0 saturated carbocycles. The van der Waals surface area contributed by atoms with Crippen LogP contribution in [-0.4, -0.2) is 40.1 Å². The lowest BCUT2D eigenvalue weighted by Gasteiger charge is -2.19. The maximum Gasteiger partial charge on any atom is 0.209 e. The summed E-state index contributed by atoms with van der Waals surface area (Å²) in [5.41, 5.74) is 0. The maximum absolute atomic E-state index is 11.0. The molecule has 0 fully saturated rings. The van der Waals surface area contributed by atoms with Crippen LogP contribution in [0.4, 0.5) is 0 Å². The lowest BCUT2D eigenvalue weighted by atomic mass is 9.99. The number of rotatable bonds is 9. The van der Waals surface area contributed by atoms with E-state index in [1.807, 2.05) is 27.7 Å². The molecule has 0 bridgehead atoms. The molecule has 0 aromatic carbocycles. The SMILES string of the molecule is CC(C)OCCOCC(CS(N)(=O)=O)C(C)C. The first-order valence-electron chi connectivity index (χ1n) is 5.92. The van der Waals surface area contributed by atoms with E-state index in [1.54, 1.807) is 0 Å². The molecule has 0 rings (SSSR count). The first-order chi connectivity index (χ1) is 7.72. The minimum Gasteiger partial charge on any atom is -0.379 e. The molecule has 0 aliphatic carbocycles. The Morgan fingerprint density at radius 3 is 2.12 bits per heavy atom. The quantitative estimate of drug-likeness (QED) is 0.632. The van der Waals surface area contributed by atoms with Crippen molar-refractivity contribution in [3.8, 4) is 0 Å². The Balaban J connectivity index is 3.87. The summed E-state index contributed by atoms with van der Waals surface area (Å²) in [5, 5.41) is 5.04. The van der Waals surface area contributed by atoms with Gasteiger partial charge in [-0.15, -0.1) is 0 Å². The fraction of sp³-hybridized carbons (Fsp3) is 1.00. The number of hydrogen-bond acceptors (Lipinski definition) is 4. The third-order valence-electron chi connectivity index (χ3n) is 2.40. The molecular formula is C11H25NO4S. The molecule has 0 amide bonds. The van der Waals surface area contributed by atoms with Gasteiger partial charge in [0.15, 0.2) is 0 Å². The van der Waals surface area contributed by atoms with E-state index in [0.717, 1.165) is 0 Å². The fourth-order valence-electron chi connectivity index (χ4n) is 1.31. The first kappa shape index (κ1) is 16.8. The van der Waals surface area contributed by atoms with E-state index in [0.29, 0.717) is 19.8 Å². The molecule has 1 unspecified atom stereocenters. The molecule has 0 saturated heterocycles. The van der Waals surface area contributed by atoms with Crippen molar-refractivity contribution in [1.82, 2.24) is 0 Å². The van der Waals surface area contributed by atoms with Crippen LogP contribution in [0.2, 0.25) is 0 Å². The fourth-order valence-corrected chi connectivity index (χ4v) is 2.39. The van der Waals surface area contributed by atoms with E-state index in [-0.39, 0.29) is 23.7 Å². The Kier molecular flexibility index (Phi) is 7.94. The van der Waals surface area contributed by atoms with Gasteiger partial charge in [-0.3, -0.25) is 0 Å². The van der Waals surface area contributed by atoms with Crippen molar-refractivity contribution >= 4 is 10.0 Å². The van der Waals surface area contributed by atoms with Crippen LogP contribution in [0.3, 0.4) is 0 Å². The number of nitrogens with two attached hydrogens (primary N) is 1. The van der Waals surface area contributed by atoms with Crippen LogP contribution >= 0.6 is 0 Å². The molecular weight excluding hydrogens is 242 g/mol. The van der Waals surface area contributed by atoms with Crippen molar-refractivity contribution in [3.05, 3.63) is 0 Å². The highest BCUT2D eigenvalue weighted by atomic mass is 32.2. The van der Waals surface area contributed by atoms with Crippen molar-refractivity contribution in [1.29, 1.82) is 0 Å². The third-order valence-corrected chi connectivity index (χ3v) is 3.29. The monoisotopic (exact) mass is 267 g/mol. The molecule has 6 heteroatoms. The molecule has 5 nitrogen and oxygen atoms in total. The second-order valence-electron chi connectivity index (χ2n) is 4.83. The highest BCUT2D eigenvalue weighted by Gasteiger charge is 2.19. The van der Waals surface area contributed by atoms with Gasteiger partial charge in [-0.25, -0.2) is 13.6 Å². The van der Waals surface area contributed by atoms with Crippen molar-refractivity contribution < 1.29 is 17.9 Å². The van der Waals surface area contributed by atoms with Crippen LogP contribution < -0.4 is 5.14 Å². The summed E-state index contributed by atoms with van der Waals surface area (Å²) in [6, 6.07) is 0. The summed E-state index contributed by atoms with van der Waals surface area (Å²) in [4.78, 5) is 0. The van der Waals surface area contributed by atoms with E-state index < -0.39 is 10.0 Å². The Morgan fingerprint density at radius 1 is 1.12 bits per heavy atom. The molecule has 2 N–H and O–H groups in total.